The molecule has 0 spiro atoms. The second-order valence-corrected chi connectivity index (χ2v) is 6.66. The molecule has 0 aliphatic carbocycles. The van der Waals surface area contributed by atoms with E-state index in [1.807, 2.05) is 10.9 Å². The molecule has 0 saturated carbocycles. The third-order valence-electron chi connectivity index (χ3n) is 4.78. The van der Waals surface area contributed by atoms with Crippen LogP contribution in [0.15, 0.2) is 30.5 Å². The summed E-state index contributed by atoms with van der Waals surface area (Å²) in [5, 5.41) is 22.2. The van der Waals surface area contributed by atoms with Crippen molar-refractivity contribution in [1.82, 2.24) is 35.3 Å². The third-order valence-corrected chi connectivity index (χ3v) is 4.78. The van der Waals surface area contributed by atoms with Crippen LogP contribution in [0.4, 0.5) is 5.69 Å². The van der Waals surface area contributed by atoms with Gasteiger partial charge in [-0.25, -0.2) is 0 Å². The number of nitrogens with one attached hydrogen (secondary N) is 2. The Balaban J connectivity index is 1.53. The summed E-state index contributed by atoms with van der Waals surface area (Å²) in [4.78, 5) is 12.6. The molecule has 1 aromatic carbocycles. The topological polar surface area (TPSA) is 112 Å². The monoisotopic (exact) mass is 382 g/mol. The molecule has 3 aromatic rings. The van der Waals surface area contributed by atoms with Gasteiger partial charge in [0, 0.05) is 18.4 Å². The minimum atomic E-state index is -0.271. The quantitative estimate of drug-likeness (QED) is 0.685. The first-order chi connectivity index (χ1) is 13.7. The van der Waals surface area contributed by atoms with Crippen molar-refractivity contribution in [3.63, 3.8) is 0 Å². The summed E-state index contributed by atoms with van der Waals surface area (Å²) in [6, 6.07) is 7.31. The van der Waals surface area contributed by atoms with Gasteiger partial charge in [-0.2, -0.15) is 9.78 Å². The second-order valence-electron chi connectivity index (χ2n) is 6.66. The van der Waals surface area contributed by atoms with Gasteiger partial charge in [-0.1, -0.05) is 0 Å². The van der Waals surface area contributed by atoms with E-state index in [-0.39, 0.29) is 11.9 Å². The predicted octanol–water partition coefficient (Wildman–Crippen LogP) is 1.35. The number of nitrogens with zero attached hydrogens (tertiary/aromatic N) is 6. The van der Waals surface area contributed by atoms with Gasteiger partial charge in [0.05, 0.1) is 13.2 Å². The summed E-state index contributed by atoms with van der Waals surface area (Å²) in [6.07, 6.45) is 4.02. The van der Waals surface area contributed by atoms with Crippen molar-refractivity contribution in [3.8, 4) is 11.4 Å². The Morgan fingerprint density at radius 3 is 2.96 bits per heavy atom. The van der Waals surface area contributed by atoms with E-state index in [0.717, 1.165) is 25.9 Å². The van der Waals surface area contributed by atoms with Crippen LogP contribution in [-0.4, -0.2) is 56.1 Å². The maximum atomic E-state index is 12.6. The van der Waals surface area contributed by atoms with Gasteiger partial charge in [-0.3, -0.25) is 9.48 Å². The Labute approximate surface area is 161 Å². The van der Waals surface area contributed by atoms with Gasteiger partial charge in [0.1, 0.15) is 11.4 Å². The van der Waals surface area contributed by atoms with Gasteiger partial charge in [-0.15, -0.1) is 5.10 Å². The summed E-state index contributed by atoms with van der Waals surface area (Å²) < 4.78 is 8.81. The van der Waals surface area contributed by atoms with Crippen molar-refractivity contribution in [2.75, 3.05) is 25.5 Å². The number of aryl methyl sites for hydroxylation is 1. The van der Waals surface area contributed by atoms with E-state index in [9.17, 15) is 4.79 Å². The Kier molecular flexibility index (Phi) is 5.02. The molecule has 28 heavy (non-hydrogen) atoms. The molecule has 1 unspecified atom stereocenters. The molecule has 0 radical (unpaired) electrons. The zero-order chi connectivity index (χ0) is 19.5. The van der Waals surface area contributed by atoms with Crippen molar-refractivity contribution in [2.45, 2.75) is 25.8 Å². The number of tetrazole rings is 1. The molecule has 2 aromatic heterocycles. The zero-order valence-electron chi connectivity index (χ0n) is 15.8. The number of rotatable bonds is 5. The highest BCUT2D eigenvalue weighted by Crippen LogP contribution is 2.26. The lowest BCUT2D eigenvalue weighted by atomic mass is 10.1. The van der Waals surface area contributed by atoms with Crippen LogP contribution in [0.3, 0.4) is 0 Å². The fraction of sp³-hybridized carbons (Fsp3) is 0.389. The number of piperidine rings is 1. The van der Waals surface area contributed by atoms with Crippen LogP contribution in [0.2, 0.25) is 0 Å². The Morgan fingerprint density at radius 2 is 2.25 bits per heavy atom. The lowest BCUT2D eigenvalue weighted by Crippen LogP contribution is -2.32. The van der Waals surface area contributed by atoms with Crippen molar-refractivity contribution < 1.29 is 9.53 Å². The van der Waals surface area contributed by atoms with E-state index in [2.05, 4.69) is 31.3 Å². The first-order valence-corrected chi connectivity index (χ1v) is 9.16. The first-order valence-electron chi connectivity index (χ1n) is 9.16. The number of carbonyl (C=O) groups excluding carboxylic acids is 1. The average Bonchev–Trinajstić information content (AvgIpc) is 3.38. The molecule has 10 nitrogen and oxygen atoms in total. The molecule has 1 amide bonds. The van der Waals surface area contributed by atoms with Crippen LogP contribution in [-0.2, 0) is 0 Å². The highest BCUT2D eigenvalue weighted by molar-refractivity contribution is 6.03. The fourth-order valence-electron chi connectivity index (χ4n) is 3.30. The smallest absolute Gasteiger partial charge is 0.276 e. The molecular weight excluding hydrogens is 360 g/mol. The van der Waals surface area contributed by atoms with Gasteiger partial charge in [0.15, 0.2) is 11.5 Å². The van der Waals surface area contributed by atoms with Gasteiger partial charge < -0.3 is 15.4 Å². The minimum Gasteiger partial charge on any atom is -0.494 e. The van der Waals surface area contributed by atoms with E-state index < -0.39 is 0 Å². The maximum Gasteiger partial charge on any atom is 0.276 e. The number of ether oxygens (including phenoxy) is 1. The van der Waals surface area contributed by atoms with E-state index in [1.165, 1.54) is 0 Å². The van der Waals surface area contributed by atoms with E-state index >= 15 is 0 Å². The zero-order valence-corrected chi connectivity index (χ0v) is 15.8. The number of carbonyl (C=O) groups is 1. The minimum absolute atomic E-state index is 0.271. The van der Waals surface area contributed by atoms with Crippen molar-refractivity contribution >= 4 is 11.6 Å². The largest absolute Gasteiger partial charge is 0.494 e. The molecule has 146 valence electrons. The number of amides is 1. The van der Waals surface area contributed by atoms with Gasteiger partial charge in [0.2, 0.25) is 0 Å². The first kappa shape index (κ1) is 18.1. The lowest BCUT2D eigenvalue weighted by molar-refractivity contribution is 0.102. The van der Waals surface area contributed by atoms with E-state index in [0.29, 0.717) is 28.6 Å². The number of methoxy groups -OCH3 is 1. The van der Waals surface area contributed by atoms with Crippen LogP contribution in [0.1, 0.15) is 35.2 Å². The highest BCUT2D eigenvalue weighted by atomic mass is 16.5. The van der Waals surface area contributed by atoms with E-state index in [1.54, 1.807) is 43.0 Å². The number of benzene rings is 1. The van der Waals surface area contributed by atoms with Gasteiger partial charge >= 0.3 is 0 Å². The normalized spacial score (nSPS) is 16.7. The van der Waals surface area contributed by atoms with Crippen LogP contribution >= 0.6 is 0 Å². The third kappa shape index (κ3) is 3.58. The van der Waals surface area contributed by atoms with Gasteiger partial charge in [0.25, 0.3) is 5.91 Å². The van der Waals surface area contributed by atoms with Crippen molar-refractivity contribution in [3.05, 3.63) is 42.0 Å². The summed E-state index contributed by atoms with van der Waals surface area (Å²) >= 11 is 0. The number of hydrogen-bond donors (Lipinski definition) is 2. The van der Waals surface area contributed by atoms with Crippen LogP contribution in [0, 0.1) is 6.92 Å². The molecule has 1 saturated heterocycles. The molecule has 1 aliphatic heterocycles. The number of hydrogen-bond acceptors (Lipinski definition) is 7. The average molecular weight is 382 g/mol. The van der Waals surface area contributed by atoms with Crippen molar-refractivity contribution in [1.29, 1.82) is 0 Å². The fourth-order valence-corrected chi connectivity index (χ4v) is 3.30. The SMILES string of the molecule is COc1ccc(NC(=O)c2ccn(C3CCCNC3)n2)cc1-n1nnnc1C. The summed E-state index contributed by atoms with van der Waals surface area (Å²) in [6.45, 7) is 3.69. The molecule has 3 heterocycles. The summed E-state index contributed by atoms with van der Waals surface area (Å²) in [5.41, 5.74) is 1.62. The standard InChI is InChI=1S/C18H22N8O2/c1-12-21-23-24-26(12)16-10-13(5-6-17(16)28-2)20-18(27)15-7-9-25(22-15)14-4-3-8-19-11-14/h5-7,9-10,14,19H,3-4,8,11H2,1-2H3,(H,20,27). The second kappa shape index (κ2) is 7.77. The molecule has 0 bridgehead atoms. The van der Waals surface area contributed by atoms with Crippen LogP contribution in [0.25, 0.3) is 5.69 Å². The number of aromatic nitrogens is 6. The maximum absolute atomic E-state index is 12.6. The predicted molar refractivity (Wildman–Crippen MR) is 102 cm³/mol. The molecule has 2 N–H and O–H groups in total. The molecule has 1 aliphatic rings. The van der Waals surface area contributed by atoms with E-state index in [4.69, 9.17) is 4.74 Å². The Morgan fingerprint density at radius 1 is 1.36 bits per heavy atom. The number of anilines is 1. The van der Waals surface area contributed by atoms with Crippen LogP contribution in [0.5, 0.6) is 5.75 Å². The Hall–Kier alpha value is -3.27. The van der Waals surface area contributed by atoms with Crippen LogP contribution < -0.4 is 15.4 Å². The molecule has 1 fully saturated rings. The molecular formula is C18H22N8O2. The molecule has 1 atom stereocenters. The molecule has 4 rings (SSSR count). The lowest BCUT2D eigenvalue weighted by Gasteiger charge is -2.22. The van der Waals surface area contributed by atoms with Crippen molar-refractivity contribution in [2.24, 2.45) is 0 Å². The summed E-state index contributed by atoms with van der Waals surface area (Å²) in [7, 11) is 1.57. The van der Waals surface area contributed by atoms with Gasteiger partial charge in [-0.05, 0) is 61.0 Å². The highest BCUT2D eigenvalue weighted by Gasteiger charge is 2.18. The Bertz CT molecular complexity index is 974. The summed E-state index contributed by atoms with van der Waals surface area (Å²) in [5.74, 6) is 0.941. The molecule has 10 heteroatoms.